The van der Waals surface area contributed by atoms with Crippen molar-refractivity contribution in [3.63, 3.8) is 0 Å². The van der Waals surface area contributed by atoms with Crippen LogP contribution < -0.4 is 16.1 Å². The molecular weight excluding hydrogens is 356 g/mol. The Balaban J connectivity index is 2.08. The molecule has 0 aliphatic heterocycles. The fraction of sp³-hybridized carbons (Fsp3) is 0.300. The van der Waals surface area contributed by atoms with Crippen molar-refractivity contribution >= 4 is 5.82 Å². The van der Waals surface area contributed by atoms with Gasteiger partial charge in [0.1, 0.15) is 11.9 Å². The number of aromatic nitrogens is 4. The van der Waals surface area contributed by atoms with Crippen LogP contribution in [0.5, 0.6) is 0 Å². The number of hydrogen-bond acceptors (Lipinski definition) is 5. The molecule has 0 bridgehead atoms. The highest BCUT2D eigenvalue weighted by atomic mass is 16.2. The standard InChI is InChI=1S/C20H22N6O2/c1-13-17(14(2)26(22-13)15-9-7-6-8-10-15)12-23(3)18-16(11-21)19(27)25(5)20(28)24(18)4/h6-10H,12H2,1-5H3. The first-order valence-electron chi connectivity index (χ1n) is 8.79. The number of nitriles is 1. The summed E-state index contributed by atoms with van der Waals surface area (Å²) in [4.78, 5) is 26.4. The summed E-state index contributed by atoms with van der Waals surface area (Å²) < 4.78 is 4.14. The van der Waals surface area contributed by atoms with E-state index in [1.54, 1.807) is 19.0 Å². The zero-order valence-corrected chi connectivity index (χ0v) is 16.6. The van der Waals surface area contributed by atoms with Gasteiger partial charge in [-0.1, -0.05) is 18.2 Å². The van der Waals surface area contributed by atoms with Gasteiger partial charge in [0.15, 0.2) is 5.56 Å². The molecule has 0 spiro atoms. The smallest absolute Gasteiger partial charge is 0.332 e. The minimum atomic E-state index is -0.596. The van der Waals surface area contributed by atoms with E-state index in [1.165, 1.54) is 11.6 Å². The molecule has 1 aromatic carbocycles. The van der Waals surface area contributed by atoms with Crippen LogP contribution in [0.4, 0.5) is 5.82 Å². The van der Waals surface area contributed by atoms with Gasteiger partial charge >= 0.3 is 5.69 Å². The summed E-state index contributed by atoms with van der Waals surface area (Å²) >= 11 is 0. The van der Waals surface area contributed by atoms with Crippen molar-refractivity contribution in [1.82, 2.24) is 18.9 Å². The quantitative estimate of drug-likeness (QED) is 0.685. The predicted molar refractivity (Wildman–Crippen MR) is 107 cm³/mol. The van der Waals surface area contributed by atoms with E-state index in [4.69, 9.17) is 0 Å². The maximum Gasteiger partial charge on any atom is 0.332 e. The minimum absolute atomic E-state index is 0.0575. The van der Waals surface area contributed by atoms with Crippen LogP contribution in [0.3, 0.4) is 0 Å². The lowest BCUT2D eigenvalue weighted by Gasteiger charge is -2.23. The summed E-state index contributed by atoms with van der Waals surface area (Å²) in [6.07, 6.45) is 0. The number of nitrogens with zero attached hydrogens (tertiary/aromatic N) is 6. The van der Waals surface area contributed by atoms with Gasteiger partial charge in [-0.25, -0.2) is 9.48 Å². The van der Waals surface area contributed by atoms with E-state index in [9.17, 15) is 14.9 Å². The monoisotopic (exact) mass is 378 g/mol. The Morgan fingerprint density at radius 2 is 1.75 bits per heavy atom. The predicted octanol–water partition coefficient (Wildman–Crippen LogP) is 1.39. The average molecular weight is 378 g/mol. The summed E-state index contributed by atoms with van der Waals surface area (Å²) in [5, 5.41) is 14.1. The van der Waals surface area contributed by atoms with Crippen molar-refractivity contribution in [2.45, 2.75) is 20.4 Å². The van der Waals surface area contributed by atoms with Crippen LogP contribution in [0.25, 0.3) is 5.69 Å². The number of para-hydroxylation sites is 1. The summed E-state index contributed by atoms with van der Waals surface area (Å²) in [6, 6.07) is 11.7. The van der Waals surface area contributed by atoms with Crippen LogP contribution in [0.1, 0.15) is 22.5 Å². The zero-order valence-electron chi connectivity index (χ0n) is 16.6. The fourth-order valence-electron chi connectivity index (χ4n) is 3.41. The number of aryl methyl sites for hydroxylation is 1. The Labute approximate surface area is 162 Å². The van der Waals surface area contributed by atoms with Crippen LogP contribution in [-0.4, -0.2) is 26.0 Å². The third kappa shape index (κ3) is 3.01. The van der Waals surface area contributed by atoms with Crippen LogP contribution in [0.15, 0.2) is 39.9 Å². The van der Waals surface area contributed by atoms with Gasteiger partial charge in [0.05, 0.1) is 11.4 Å². The third-order valence-corrected chi connectivity index (χ3v) is 4.94. The lowest BCUT2D eigenvalue weighted by atomic mass is 10.1. The molecule has 8 nitrogen and oxygen atoms in total. The van der Waals surface area contributed by atoms with E-state index in [0.29, 0.717) is 12.4 Å². The molecule has 28 heavy (non-hydrogen) atoms. The second-order valence-electron chi connectivity index (χ2n) is 6.77. The van der Waals surface area contributed by atoms with Gasteiger partial charge in [-0.15, -0.1) is 0 Å². The maximum absolute atomic E-state index is 12.4. The lowest BCUT2D eigenvalue weighted by molar-refractivity contribution is 0.666. The van der Waals surface area contributed by atoms with Crippen LogP contribution in [0, 0.1) is 25.2 Å². The van der Waals surface area contributed by atoms with E-state index in [1.807, 2.05) is 54.9 Å². The van der Waals surface area contributed by atoms with E-state index in [-0.39, 0.29) is 5.56 Å². The Morgan fingerprint density at radius 1 is 1.11 bits per heavy atom. The van der Waals surface area contributed by atoms with Crippen molar-refractivity contribution in [3.05, 3.63) is 73.7 Å². The summed E-state index contributed by atoms with van der Waals surface area (Å²) in [5.74, 6) is 0.293. The minimum Gasteiger partial charge on any atom is -0.355 e. The van der Waals surface area contributed by atoms with Crippen molar-refractivity contribution in [2.75, 3.05) is 11.9 Å². The molecule has 0 aliphatic rings. The molecule has 0 aliphatic carbocycles. The second-order valence-corrected chi connectivity index (χ2v) is 6.77. The Morgan fingerprint density at radius 3 is 2.36 bits per heavy atom. The number of anilines is 1. The van der Waals surface area contributed by atoms with E-state index >= 15 is 0 Å². The molecule has 0 radical (unpaired) electrons. The van der Waals surface area contributed by atoms with Crippen molar-refractivity contribution in [1.29, 1.82) is 5.26 Å². The lowest BCUT2D eigenvalue weighted by Crippen LogP contribution is -2.41. The number of benzene rings is 1. The molecule has 0 N–H and O–H groups in total. The van der Waals surface area contributed by atoms with Crippen molar-refractivity contribution in [3.8, 4) is 11.8 Å². The largest absolute Gasteiger partial charge is 0.355 e. The van der Waals surface area contributed by atoms with Crippen LogP contribution in [0.2, 0.25) is 0 Å². The molecule has 0 amide bonds. The van der Waals surface area contributed by atoms with Gasteiger partial charge in [0.25, 0.3) is 5.56 Å². The SMILES string of the molecule is Cc1nn(-c2ccccc2)c(C)c1CN(C)c1c(C#N)c(=O)n(C)c(=O)n1C. The highest BCUT2D eigenvalue weighted by Crippen LogP contribution is 2.22. The molecule has 0 saturated carbocycles. The first-order chi connectivity index (χ1) is 13.3. The Kier molecular flexibility index (Phi) is 4.92. The van der Waals surface area contributed by atoms with Gasteiger partial charge in [-0.05, 0) is 26.0 Å². The van der Waals surface area contributed by atoms with Crippen molar-refractivity contribution < 1.29 is 0 Å². The molecule has 0 saturated heterocycles. The Bertz CT molecular complexity index is 1190. The average Bonchev–Trinajstić information content (AvgIpc) is 2.97. The maximum atomic E-state index is 12.4. The molecule has 0 unspecified atom stereocenters. The molecule has 2 heterocycles. The molecule has 8 heteroatoms. The molecule has 144 valence electrons. The summed E-state index contributed by atoms with van der Waals surface area (Å²) in [6.45, 7) is 4.30. The fourth-order valence-corrected chi connectivity index (χ4v) is 3.41. The molecule has 3 aromatic rings. The van der Waals surface area contributed by atoms with Gasteiger partial charge in [0, 0.05) is 38.9 Å². The van der Waals surface area contributed by atoms with Gasteiger partial charge in [0.2, 0.25) is 0 Å². The number of rotatable bonds is 4. The van der Waals surface area contributed by atoms with E-state index in [0.717, 1.165) is 27.2 Å². The first-order valence-corrected chi connectivity index (χ1v) is 8.79. The third-order valence-electron chi connectivity index (χ3n) is 4.94. The first kappa shape index (κ1) is 19.2. The highest BCUT2D eigenvalue weighted by Gasteiger charge is 2.21. The zero-order chi connectivity index (χ0) is 20.6. The molecule has 2 aromatic heterocycles. The van der Waals surface area contributed by atoms with Crippen LogP contribution >= 0.6 is 0 Å². The summed E-state index contributed by atoms with van der Waals surface area (Å²) in [5.41, 5.74) is 2.61. The number of hydrogen-bond donors (Lipinski definition) is 0. The van der Waals surface area contributed by atoms with E-state index < -0.39 is 11.2 Å². The normalized spacial score (nSPS) is 10.7. The van der Waals surface area contributed by atoms with Gasteiger partial charge < -0.3 is 4.90 Å². The summed E-state index contributed by atoms with van der Waals surface area (Å²) in [7, 11) is 4.68. The second kappa shape index (κ2) is 7.19. The van der Waals surface area contributed by atoms with Crippen LogP contribution in [-0.2, 0) is 20.6 Å². The Hall–Kier alpha value is -3.60. The highest BCUT2D eigenvalue weighted by molar-refractivity contribution is 5.53. The van der Waals surface area contributed by atoms with E-state index in [2.05, 4.69) is 5.10 Å². The molecular formula is C20H22N6O2. The molecule has 0 fully saturated rings. The topological polar surface area (TPSA) is 88.8 Å². The van der Waals surface area contributed by atoms with Gasteiger partial charge in [-0.3, -0.25) is 13.9 Å². The molecule has 0 atom stereocenters. The van der Waals surface area contributed by atoms with Gasteiger partial charge in [-0.2, -0.15) is 10.4 Å². The molecule has 3 rings (SSSR count). The van der Waals surface area contributed by atoms with Crippen molar-refractivity contribution in [2.24, 2.45) is 14.1 Å².